The molecule has 0 aliphatic heterocycles. The van der Waals surface area contributed by atoms with E-state index in [2.05, 4.69) is 5.32 Å². The Morgan fingerprint density at radius 3 is 2.87 bits per heavy atom. The number of amides is 1. The van der Waals surface area contributed by atoms with Crippen LogP contribution in [0.2, 0.25) is 5.02 Å². The number of thioether (sulfide) groups is 1. The van der Waals surface area contributed by atoms with Gasteiger partial charge in [0.25, 0.3) is 5.56 Å². The summed E-state index contributed by atoms with van der Waals surface area (Å²) in [4.78, 5) is 30.5. The second-order valence-corrected chi connectivity index (χ2v) is 9.00. The number of aromatic nitrogens is 2. The van der Waals surface area contributed by atoms with Crippen LogP contribution in [-0.2, 0) is 4.79 Å². The minimum atomic E-state index is -0.225. The Morgan fingerprint density at radius 2 is 2.13 bits per heavy atom. The first-order chi connectivity index (χ1) is 14.5. The molecule has 8 heteroatoms. The van der Waals surface area contributed by atoms with Crippen molar-refractivity contribution in [3.05, 3.63) is 57.7 Å². The van der Waals surface area contributed by atoms with Crippen molar-refractivity contribution in [3.63, 3.8) is 0 Å². The molecule has 0 radical (unpaired) electrons. The van der Waals surface area contributed by atoms with E-state index in [0.717, 1.165) is 25.7 Å². The van der Waals surface area contributed by atoms with Crippen molar-refractivity contribution >= 4 is 40.2 Å². The predicted molar refractivity (Wildman–Crippen MR) is 119 cm³/mol. The molecule has 1 N–H and O–H groups in total. The highest BCUT2D eigenvalue weighted by atomic mass is 35.5. The molecule has 1 aliphatic rings. The van der Waals surface area contributed by atoms with Gasteiger partial charge in [-0.1, -0.05) is 42.6 Å². The van der Waals surface area contributed by atoms with Crippen molar-refractivity contribution in [1.29, 1.82) is 0 Å². The third-order valence-corrected chi connectivity index (χ3v) is 6.64. The molecule has 1 saturated carbocycles. The van der Waals surface area contributed by atoms with Crippen LogP contribution in [0.5, 0.6) is 0 Å². The number of furan rings is 1. The Morgan fingerprint density at radius 1 is 1.33 bits per heavy atom. The molecular weight excluding hydrogens is 422 g/mol. The quantitative estimate of drug-likeness (QED) is 0.421. The summed E-state index contributed by atoms with van der Waals surface area (Å²) in [6.07, 6.45) is 6.88. The molecule has 4 rings (SSSR count). The highest BCUT2D eigenvalue weighted by Gasteiger charge is 2.23. The molecule has 0 spiro atoms. The van der Waals surface area contributed by atoms with E-state index in [1.807, 2.05) is 13.0 Å². The molecule has 1 unspecified atom stereocenters. The Balaban J connectivity index is 1.59. The zero-order valence-electron chi connectivity index (χ0n) is 16.8. The highest BCUT2D eigenvalue weighted by Crippen LogP contribution is 2.31. The minimum absolute atomic E-state index is 0.0598. The van der Waals surface area contributed by atoms with Crippen LogP contribution in [0.1, 0.15) is 56.9 Å². The van der Waals surface area contributed by atoms with Crippen LogP contribution < -0.4 is 10.9 Å². The van der Waals surface area contributed by atoms with Gasteiger partial charge in [-0.25, -0.2) is 4.98 Å². The van der Waals surface area contributed by atoms with Gasteiger partial charge in [0.15, 0.2) is 5.16 Å². The summed E-state index contributed by atoms with van der Waals surface area (Å²) in [5, 5.41) is 4.59. The molecule has 1 amide bonds. The number of fused-ring (bicyclic) bond motifs is 1. The first-order valence-electron chi connectivity index (χ1n) is 10.2. The molecule has 2 heterocycles. The fourth-order valence-electron chi connectivity index (χ4n) is 3.94. The van der Waals surface area contributed by atoms with Crippen molar-refractivity contribution in [2.75, 3.05) is 5.75 Å². The molecule has 3 aromatic rings. The van der Waals surface area contributed by atoms with Crippen LogP contribution in [0.25, 0.3) is 10.9 Å². The first-order valence-corrected chi connectivity index (χ1v) is 11.6. The summed E-state index contributed by atoms with van der Waals surface area (Å²) in [6.45, 7) is 1.87. The van der Waals surface area contributed by atoms with Crippen LogP contribution in [0, 0.1) is 0 Å². The SMILES string of the molecule is CC(NC(=O)CSc1nc2cc(Cl)ccc2c(=O)n1C1CCCCC1)c1ccco1. The molecule has 1 aliphatic carbocycles. The molecule has 1 atom stereocenters. The molecule has 0 bridgehead atoms. The second kappa shape index (κ2) is 9.27. The lowest BCUT2D eigenvalue weighted by atomic mass is 9.95. The van der Waals surface area contributed by atoms with Crippen LogP contribution in [0.15, 0.2) is 51.0 Å². The van der Waals surface area contributed by atoms with Crippen LogP contribution in [0.4, 0.5) is 0 Å². The fourth-order valence-corrected chi connectivity index (χ4v) is 4.98. The molecule has 158 valence electrons. The Hall–Kier alpha value is -2.25. The van der Waals surface area contributed by atoms with Crippen molar-refractivity contribution < 1.29 is 9.21 Å². The molecule has 1 fully saturated rings. The summed E-state index contributed by atoms with van der Waals surface area (Å²) < 4.78 is 7.14. The number of carbonyl (C=O) groups excluding carboxylic acids is 1. The number of benzene rings is 1. The monoisotopic (exact) mass is 445 g/mol. The van der Waals surface area contributed by atoms with E-state index in [9.17, 15) is 9.59 Å². The molecular formula is C22H24ClN3O3S. The normalized spacial score (nSPS) is 15.9. The number of halogens is 1. The predicted octanol–water partition coefficient (Wildman–Crippen LogP) is 5.12. The lowest BCUT2D eigenvalue weighted by Crippen LogP contribution is -2.31. The van der Waals surface area contributed by atoms with E-state index in [0.29, 0.717) is 26.8 Å². The number of hydrogen-bond donors (Lipinski definition) is 1. The van der Waals surface area contributed by atoms with E-state index in [4.69, 9.17) is 21.0 Å². The fraction of sp³-hybridized carbons (Fsp3) is 0.409. The molecule has 1 aromatic carbocycles. The third kappa shape index (κ3) is 4.57. The van der Waals surface area contributed by atoms with Gasteiger partial charge in [-0.2, -0.15) is 0 Å². The van der Waals surface area contributed by atoms with E-state index in [-0.39, 0.29) is 29.3 Å². The summed E-state index contributed by atoms with van der Waals surface area (Å²) in [6, 6.07) is 8.66. The average molecular weight is 446 g/mol. The van der Waals surface area contributed by atoms with Gasteiger partial charge in [0.1, 0.15) is 5.76 Å². The van der Waals surface area contributed by atoms with Crippen LogP contribution in [0.3, 0.4) is 0 Å². The summed E-state index contributed by atoms with van der Waals surface area (Å²) >= 11 is 7.41. The van der Waals surface area contributed by atoms with Gasteiger partial charge in [0, 0.05) is 11.1 Å². The Bertz CT molecular complexity index is 1090. The van der Waals surface area contributed by atoms with Crippen molar-refractivity contribution in [3.8, 4) is 0 Å². The number of hydrogen-bond acceptors (Lipinski definition) is 5. The lowest BCUT2D eigenvalue weighted by Gasteiger charge is -2.26. The van der Waals surface area contributed by atoms with Crippen LogP contribution in [-0.4, -0.2) is 21.2 Å². The topological polar surface area (TPSA) is 77.1 Å². The maximum Gasteiger partial charge on any atom is 0.262 e. The number of rotatable bonds is 6. The molecule has 2 aromatic heterocycles. The summed E-state index contributed by atoms with van der Waals surface area (Å²) in [5.41, 5.74) is 0.502. The first kappa shape index (κ1) is 21.0. The van der Waals surface area contributed by atoms with Gasteiger partial charge in [-0.3, -0.25) is 14.2 Å². The van der Waals surface area contributed by atoms with Gasteiger partial charge in [-0.05, 0) is 50.1 Å². The van der Waals surface area contributed by atoms with E-state index in [1.165, 1.54) is 18.2 Å². The smallest absolute Gasteiger partial charge is 0.262 e. The van der Waals surface area contributed by atoms with Crippen molar-refractivity contribution in [1.82, 2.24) is 14.9 Å². The maximum absolute atomic E-state index is 13.3. The lowest BCUT2D eigenvalue weighted by molar-refractivity contribution is -0.119. The molecule has 30 heavy (non-hydrogen) atoms. The van der Waals surface area contributed by atoms with E-state index >= 15 is 0 Å². The zero-order chi connectivity index (χ0) is 21.1. The Kier molecular flexibility index (Phi) is 6.49. The number of nitrogens with zero attached hydrogens (tertiary/aromatic N) is 2. The minimum Gasteiger partial charge on any atom is -0.467 e. The molecule has 6 nitrogen and oxygen atoms in total. The van der Waals surface area contributed by atoms with Crippen molar-refractivity contribution in [2.45, 2.75) is 56.3 Å². The van der Waals surface area contributed by atoms with Gasteiger partial charge < -0.3 is 9.73 Å². The summed E-state index contributed by atoms with van der Waals surface area (Å²) in [5.74, 6) is 0.724. The second-order valence-electron chi connectivity index (χ2n) is 7.62. The van der Waals surface area contributed by atoms with Gasteiger partial charge in [-0.15, -0.1) is 0 Å². The largest absolute Gasteiger partial charge is 0.467 e. The number of carbonyl (C=O) groups is 1. The number of nitrogens with one attached hydrogen (secondary N) is 1. The van der Waals surface area contributed by atoms with Crippen molar-refractivity contribution in [2.24, 2.45) is 0 Å². The zero-order valence-corrected chi connectivity index (χ0v) is 18.3. The average Bonchev–Trinajstić information content (AvgIpc) is 3.28. The van der Waals surface area contributed by atoms with Gasteiger partial charge >= 0.3 is 0 Å². The van der Waals surface area contributed by atoms with Gasteiger partial charge in [0.05, 0.1) is 29.0 Å². The Labute approximate surface area is 184 Å². The van der Waals surface area contributed by atoms with Gasteiger partial charge in [0.2, 0.25) is 5.91 Å². The molecule has 0 saturated heterocycles. The highest BCUT2D eigenvalue weighted by molar-refractivity contribution is 7.99. The summed E-state index contributed by atoms with van der Waals surface area (Å²) in [7, 11) is 0. The van der Waals surface area contributed by atoms with E-state index < -0.39 is 0 Å². The van der Waals surface area contributed by atoms with Crippen LogP contribution >= 0.6 is 23.4 Å². The standard InChI is InChI=1S/C22H24ClN3O3S/c1-14(19-8-5-11-29-19)24-20(27)13-30-22-25-18-12-15(23)9-10-17(18)21(28)26(22)16-6-3-2-4-7-16/h5,8-12,14,16H,2-4,6-7,13H2,1H3,(H,24,27). The third-order valence-electron chi connectivity index (χ3n) is 5.45. The maximum atomic E-state index is 13.3. The van der Waals surface area contributed by atoms with E-state index in [1.54, 1.807) is 35.1 Å².